The number of nitrogens with zero attached hydrogens (tertiary/aromatic N) is 3. The van der Waals surface area contributed by atoms with E-state index in [2.05, 4.69) is 15.1 Å². The fourth-order valence-corrected chi connectivity index (χ4v) is 5.21. The van der Waals surface area contributed by atoms with Gasteiger partial charge in [-0.05, 0) is 56.3 Å². The third kappa shape index (κ3) is 5.34. The molecule has 0 spiro atoms. The molecule has 0 aliphatic carbocycles. The van der Waals surface area contributed by atoms with Crippen LogP contribution in [0.1, 0.15) is 24.8 Å². The summed E-state index contributed by atoms with van der Waals surface area (Å²) in [5.41, 5.74) is 0.263. The van der Waals surface area contributed by atoms with E-state index < -0.39 is 17.0 Å². The number of hydrogen-bond acceptors (Lipinski definition) is 6. The molecule has 3 aliphatic rings. The Morgan fingerprint density at radius 2 is 1.97 bits per heavy atom. The SMILES string of the molecule is O=C(CN1CCC(N2CCCC2)C1)NCCN1C(=O)S/C(=C\c2ccccc2F)C1=O. The summed E-state index contributed by atoms with van der Waals surface area (Å²) in [4.78, 5) is 43.0. The normalized spacial score (nSPS) is 24.0. The molecule has 3 heterocycles. The number of hydrogen-bond donors (Lipinski definition) is 1. The van der Waals surface area contributed by atoms with Gasteiger partial charge in [-0.15, -0.1) is 0 Å². The third-order valence-corrected chi connectivity index (χ3v) is 6.90. The maximum absolute atomic E-state index is 13.8. The number of nitrogens with one attached hydrogen (secondary N) is 1. The van der Waals surface area contributed by atoms with Gasteiger partial charge < -0.3 is 5.32 Å². The maximum atomic E-state index is 13.8. The van der Waals surface area contributed by atoms with Crippen molar-refractivity contribution in [3.05, 3.63) is 40.6 Å². The Labute approximate surface area is 185 Å². The topological polar surface area (TPSA) is 73.0 Å². The van der Waals surface area contributed by atoms with Crippen LogP contribution >= 0.6 is 11.8 Å². The van der Waals surface area contributed by atoms with E-state index in [0.29, 0.717) is 12.6 Å². The van der Waals surface area contributed by atoms with Gasteiger partial charge >= 0.3 is 0 Å². The van der Waals surface area contributed by atoms with E-state index in [-0.39, 0.29) is 29.5 Å². The molecular weight excluding hydrogens is 419 g/mol. The number of rotatable bonds is 7. The molecule has 7 nitrogen and oxygen atoms in total. The van der Waals surface area contributed by atoms with E-state index in [0.717, 1.165) is 49.3 Å². The fraction of sp³-hybridized carbons (Fsp3) is 0.500. The van der Waals surface area contributed by atoms with Crippen LogP contribution in [-0.4, -0.2) is 83.6 Å². The number of halogens is 1. The van der Waals surface area contributed by atoms with E-state index in [9.17, 15) is 18.8 Å². The van der Waals surface area contributed by atoms with Crippen molar-refractivity contribution < 1.29 is 18.8 Å². The number of amides is 3. The molecule has 3 aliphatic heterocycles. The molecule has 0 aromatic heterocycles. The van der Waals surface area contributed by atoms with Gasteiger partial charge in [0, 0.05) is 37.8 Å². The highest BCUT2D eigenvalue weighted by Crippen LogP contribution is 2.32. The summed E-state index contributed by atoms with van der Waals surface area (Å²) in [5.74, 6) is -1.01. The minimum absolute atomic E-state index is 0.0986. The Hall–Kier alpha value is -2.23. The smallest absolute Gasteiger partial charge is 0.293 e. The first kappa shape index (κ1) is 22.0. The predicted octanol–water partition coefficient (Wildman–Crippen LogP) is 2.15. The van der Waals surface area contributed by atoms with Gasteiger partial charge in [0.1, 0.15) is 5.82 Å². The summed E-state index contributed by atoms with van der Waals surface area (Å²) < 4.78 is 13.8. The zero-order valence-corrected chi connectivity index (χ0v) is 18.2. The second kappa shape index (κ2) is 9.93. The zero-order chi connectivity index (χ0) is 21.8. The number of benzene rings is 1. The average Bonchev–Trinajstić information content (AvgIpc) is 3.48. The number of imide groups is 1. The molecule has 1 unspecified atom stereocenters. The maximum Gasteiger partial charge on any atom is 0.293 e. The molecule has 9 heteroatoms. The number of thioether (sulfide) groups is 1. The van der Waals surface area contributed by atoms with Crippen molar-refractivity contribution in [1.82, 2.24) is 20.0 Å². The highest BCUT2D eigenvalue weighted by molar-refractivity contribution is 8.18. The van der Waals surface area contributed by atoms with Gasteiger partial charge in [0.15, 0.2) is 0 Å². The minimum Gasteiger partial charge on any atom is -0.353 e. The molecule has 3 fully saturated rings. The largest absolute Gasteiger partial charge is 0.353 e. The predicted molar refractivity (Wildman–Crippen MR) is 118 cm³/mol. The van der Waals surface area contributed by atoms with Crippen molar-refractivity contribution in [2.75, 3.05) is 45.8 Å². The van der Waals surface area contributed by atoms with E-state index in [1.54, 1.807) is 18.2 Å². The molecule has 166 valence electrons. The summed E-state index contributed by atoms with van der Waals surface area (Å²) in [7, 11) is 0. The summed E-state index contributed by atoms with van der Waals surface area (Å²) in [6, 6.07) is 6.64. The molecule has 1 aromatic carbocycles. The molecule has 31 heavy (non-hydrogen) atoms. The lowest BCUT2D eigenvalue weighted by Gasteiger charge is -2.23. The van der Waals surface area contributed by atoms with Gasteiger partial charge in [-0.3, -0.25) is 29.1 Å². The van der Waals surface area contributed by atoms with Crippen molar-refractivity contribution >= 4 is 34.9 Å². The average molecular weight is 447 g/mol. The lowest BCUT2D eigenvalue weighted by molar-refractivity contribution is -0.124. The highest BCUT2D eigenvalue weighted by Gasteiger charge is 2.35. The van der Waals surface area contributed by atoms with Crippen LogP contribution in [0.2, 0.25) is 0 Å². The third-order valence-electron chi connectivity index (χ3n) is 5.99. The van der Waals surface area contributed by atoms with Crippen molar-refractivity contribution in [3.8, 4) is 0 Å². The Balaban J connectivity index is 1.22. The fourth-order valence-electron chi connectivity index (χ4n) is 4.35. The van der Waals surface area contributed by atoms with Crippen LogP contribution in [0.4, 0.5) is 9.18 Å². The highest BCUT2D eigenvalue weighted by atomic mass is 32.2. The van der Waals surface area contributed by atoms with Gasteiger partial charge in [0.05, 0.1) is 11.4 Å². The quantitative estimate of drug-likeness (QED) is 0.647. The van der Waals surface area contributed by atoms with Crippen molar-refractivity contribution in [2.45, 2.75) is 25.3 Å². The Kier molecular flexibility index (Phi) is 7.04. The van der Waals surface area contributed by atoms with Crippen LogP contribution in [0.25, 0.3) is 6.08 Å². The summed E-state index contributed by atoms with van der Waals surface area (Å²) in [6.07, 6.45) is 5.02. The molecule has 1 N–H and O–H groups in total. The molecule has 1 aromatic rings. The molecule has 0 radical (unpaired) electrons. The number of likely N-dealkylation sites (tertiary alicyclic amines) is 2. The molecule has 0 saturated carbocycles. The summed E-state index contributed by atoms with van der Waals surface area (Å²) in [6.45, 7) is 4.78. The number of carbonyl (C=O) groups is 3. The second-order valence-electron chi connectivity index (χ2n) is 8.13. The van der Waals surface area contributed by atoms with E-state index in [1.807, 2.05) is 0 Å². The van der Waals surface area contributed by atoms with Gasteiger partial charge in [0.2, 0.25) is 5.91 Å². The zero-order valence-electron chi connectivity index (χ0n) is 17.4. The van der Waals surface area contributed by atoms with Crippen LogP contribution in [-0.2, 0) is 9.59 Å². The lowest BCUT2D eigenvalue weighted by atomic mass is 10.2. The summed E-state index contributed by atoms with van der Waals surface area (Å²) in [5, 5.41) is 2.40. The molecule has 0 bridgehead atoms. The second-order valence-corrected chi connectivity index (χ2v) is 9.12. The Morgan fingerprint density at radius 1 is 1.19 bits per heavy atom. The summed E-state index contributed by atoms with van der Waals surface area (Å²) >= 11 is 0.789. The Bertz CT molecular complexity index is 887. The lowest BCUT2D eigenvalue weighted by Crippen LogP contribution is -2.42. The number of carbonyl (C=O) groups excluding carboxylic acids is 3. The van der Waals surface area contributed by atoms with Crippen LogP contribution < -0.4 is 5.32 Å². The van der Waals surface area contributed by atoms with Gasteiger partial charge in [-0.2, -0.15) is 0 Å². The monoisotopic (exact) mass is 446 g/mol. The Morgan fingerprint density at radius 3 is 2.74 bits per heavy atom. The van der Waals surface area contributed by atoms with Crippen LogP contribution in [0.5, 0.6) is 0 Å². The van der Waals surface area contributed by atoms with Crippen molar-refractivity contribution in [1.29, 1.82) is 0 Å². The van der Waals surface area contributed by atoms with E-state index >= 15 is 0 Å². The van der Waals surface area contributed by atoms with Crippen LogP contribution in [0.15, 0.2) is 29.2 Å². The van der Waals surface area contributed by atoms with Gasteiger partial charge in [0.25, 0.3) is 11.1 Å². The first-order valence-corrected chi connectivity index (χ1v) is 11.6. The van der Waals surface area contributed by atoms with Crippen molar-refractivity contribution in [3.63, 3.8) is 0 Å². The standard InChI is InChI=1S/C22H27FN4O3S/c23-18-6-2-1-5-16(18)13-19-21(29)27(22(30)31-19)12-8-24-20(28)15-25-11-7-17(14-25)26-9-3-4-10-26/h1-2,5-6,13,17H,3-4,7-12,14-15H2,(H,24,28)/b19-13-. The van der Waals surface area contributed by atoms with Crippen molar-refractivity contribution in [2.24, 2.45) is 0 Å². The van der Waals surface area contributed by atoms with Crippen LogP contribution in [0, 0.1) is 5.82 Å². The molecule has 3 saturated heterocycles. The first-order chi connectivity index (χ1) is 15.0. The van der Waals surface area contributed by atoms with Gasteiger partial charge in [-0.25, -0.2) is 4.39 Å². The van der Waals surface area contributed by atoms with Crippen LogP contribution in [0.3, 0.4) is 0 Å². The van der Waals surface area contributed by atoms with E-state index in [4.69, 9.17) is 0 Å². The van der Waals surface area contributed by atoms with E-state index in [1.165, 1.54) is 25.0 Å². The molecule has 1 atom stereocenters. The minimum atomic E-state index is -0.458. The first-order valence-electron chi connectivity index (χ1n) is 10.7. The molecule has 3 amide bonds. The molecular formula is C22H27FN4O3S. The van der Waals surface area contributed by atoms with Gasteiger partial charge in [-0.1, -0.05) is 18.2 Å². The molecule has 4 rings (SSSR count).